The number of aliphatic hydroxyl groups excluding tert-OH is 1. The van der Waals surface area contributed by atoms with E-state index >= 15 is 0 Å². The predicted octanol–water partition coefficient (Wildman–Crippen LogP) is 1.97. The molecular formula is C12H9NO3S. The molecule has 86 valence electrons. The molecule has 1 aromatic carbocycles. The maximum absolute atomic E-state index is 11.3. The van der Waals surface area contributed by atoms with Crippen molar-refractivity contribution >= 4 is 17.5 Å². The van der Waals surface area contributed by atoms with Gasteiger partial charge in [0.25, 0.3) is 0 Å². The van der Waals surface area contributed by atoms with E-state index < -0.39 is 0 Å². The lowest BCUT2D eigenvalue weighted by atomic mass is 10.0. The molecule has 1 aromatic heterocycles. The molecule has 0 aliphatic carbocycles. The summed E-state index contributed by atoms with van der Waals surface area (Å²) in [6.07, 6.45) is 0. The normalized spacial score (nSPS) is 13.6. The average Bonchev–Trinajstić information content (AvgIpc) is 2.96. The van der Waals surface area contributed by atoms with Crippen LogP contribution in [0.3, 0.4) is 0 Å². The Morgan fingerprint density at radius 1 is 1.47 bits per heavy atom. The van der Waals surface area contributed by atoms with Crippen LogP contribution in [0.4, 0.5) is 0 Å². The third-order valence-electron chi connectivity index (χ3n) is 2.77. The Labute approximate surface area is 102 Å². The number of hydrogen-bond acceptors (Lipinski definition) is 5. The molecule has 0 saturated heterocycles. The third kappa shape index (κ3) is 1.64. The standard InChI is InChI=1S/C12H9NO3S/c14-4-9-6-17-13-11(9)7-1-2-10-8(3-7)5-16-12(10)15/h1-3,6,14H,4-5H2. The highest BCUT2D eigenvalue weighted by Crippen LogP contribution is 2.29. The van der Waals surface area contributed by atoms with E-state index in [1.165, 1.54) is 11.5 Å². The Morgan fingerprint density at radius 3 is 3.18 bits per heavy atom. The Hall–Kier alpha value is -1.72. The first-order valence-electron chi connectivity index (χ1n) is 5.14. The lowest BCUT2D eigenvalue weighted by Crippen LogP contribution is -1.93. The summed E-state index contributed by atoms with van der Waals surface area (Å²) in [7, 11) is 0. The zero-order valence-corrected chi connectivity index (χ0v) is 9.66. The number of rotatable bonds is 2. The first-order valence-corrected chi connectivity index (χ1v) is 5.98. The van der Waals surface area contributed by atoms with Gasteiger partial charge in [0, 0.05) is 22.1 Å². The summed E-state index contributed by atoms with van der Waals surface area (Å²) in [4.78, 5) is 11.3. The molecule has 0 radical (unpaired) electrons. The van der Waals surface area contributed by atoms with E-state index in [0.717, 1.165) is 22.4 Å². The van der Waals surface area contributed by atoms with E-state index in [-0.39, 0.29) is 12.6 Å². The molecular weight excluding hydrogens is 238 g/mol. The zero-order chi connectivity index (χ0) is 11.8. The second kappa shape index (κ2) is 3.94. The van der Waals surface area contributed by atoms with Crippen LogP contribution >= 0.6 is 11.5 Å². The van der Waals surface area contributed by atoms with Gasteiger partial charge in [-0.15, -0.1) is 0 Å². The summed E-state index contributed by atoms with van der Waals surface area (Å²) in [5.41, 5.74) is 3.99. The molecule has 0 spiro atoms. The molecule has 0 atom stereocenters. The number of cyclic esters (lactones) is 1. The van der Waals surface area contributed by atoms with E-state index in [1.807, 2.05) is 17.5 Å². The van der Waals surface area contributed by atoms with E-state index in [1.54, 1.807) is 6.07 Å². The van der Waals surface area contributed by atoms with E-state index in [2.05, 4.69) is 4.37 Å². The van der Waals surface area contributed by atoms with Crippen LogP contribution in [0.1, 0.15) is 21.5 Å². The van der Waals surface area contributed by atoms with Crippen LogP contribution in [-0.2, 0) is 18.0 Å². The Balaban J connectivity index is 2.09. The van der Waals surface area contributed by atoms with Crippen molar-refractivity contribution in [3.63, 3.8) is 0 Å². The zero-order valence-electron chi connectivity index (χ0n) is 8.84. The Morgan fingerprint density at radius 2 is 2.35 bits per heavy atom. The summed E-state index contributed by atoms with van der Waals surface area (Å²) in [5, 5.41) is 11.0. The number of ether oxygens (including phenoxy) is 1. The summed E-state index contributed by atoms with van der Waals surface area (Å²) in [6.45, 7) is 0.291. The number of carbonyl (C=O) groups excluding carboxylic acids is 1. The highest BCUT2D eigenvalue weighted by molar-refractivity contribution is 7.04. The number of aromatic nitrogens is 1. The van der Waals surface area contributed by atoms with Gasteiger partial charge in [-0.3, -0.25) is 0 Å². The number of carbonyl (C=O) groups is 1. The van der Waals surface area contributed by atoms with Crippen LogP contribution in [-0.4, -0.2) is 15.4 Å². The molecule has 0 unspecified atom stereocenters. The fourth-order valence-corrected chi connectivity index (χ4v) is 2.58. The van der Waals surface area contributed by atoms with Gasteiger partial charge < -0.3 is 9.84 Å². The molecule has 1 N–H and O–H groups in total. The van der Waals surface area contributed by atoms with Crippen molar-refractivity contribution in [3.05, 3.63) is 40.3 Å². The third-order valence-corrected chi connectivity index (χ3v) is 3.45. The number of fused-ring (bicyclic) bond motifs is 1. The molecule has 0 amide bonds. The predicted molar refractivity (Wildman–Crippen MR) is 62.6 cm³/mol. The topological polar surface area (TPSA) is 59.4 Å². The molecule has 4 nitrogen and oxygen atoms in total. The molecule has 2 heterocycles. The first-order chi connectivity index (χ1) is 8.29. The molecule has 2 aromatic rings. The van der Waals surface area contributed by atoms with Crippen molar-refractivity contribution in [2.24, 2.45) is 0 Å². The summed E-state index contributed by atoms with van der Waals surface area (Å²) < 4.78 is 9.20. The van der Waals surface area contributed by atoms with Crippen LogP contribution < -0.4 is 0 Å². The minimum Gasteiger partial charge on any atom is -0.457 e. The minimum absolute atomic E-state index is 0.0294. The van der Waals surface area contributed by atoms with Gasteiger partial charge in [0.1, 0.15) is 6.61 Å². The number of aliphatic hydroxyl groups is 1. The van der Waals surface area contributed by atoms with Crippen LogP contribution in [0.2, 0.25) is 0 Å². The van der Waals surface area contributed by atoms with Crippen LogP contribution in [0.25, 0.3) is 11.3 Å². The van der Waals surface area contributed by atoms with Crippen LogP contribution in [0, 0.1) is 0 Å². The Bertz CT molecular complexity index is 591. The number of benzene rings is 1. The van der Waals surface area contributed by atoms with Gasteiger partial charge in [0.2, 0.25) is 0 Å². The molecule has 1 aliphatic heterocycles. The van der Waals surface area contributed by atoms with Crippen molar-refractivity contribution in [2.75, 3.05) is 0 Å². The summed E-state index contributed by atoms with van der Waals surface area (Å²) >= 11 is 1.31. The molecule has 0 fully saturated rings. The molecule has 17 heavy (non-hydrogen) atoms. The molecule has 5 heteroatoms. The summed E-state index contributed by atoms with van der Waals surface area (Å²) in [5.74, 6) is -0.271. The fraction of sp³-hybridized carbons (Fsp3) is 0.167. The Kier molecular flexibility index (Phi) is 2.42. The second-order valence-electron chi connectivity index (χ2n) is 3.79. The van der Waals surface area contributed by atoms with Crippen molar-refractivity contribution in [1.29, 1.82) is 0 Å². The molecule has 0 bridgehead atoms. The minimum atomic E-state index is -0.271. The molecule has 1 aliphatic rings. The number of hydrogen-bond donors (Lipinski definition) is 1. The average molecular weight is 247 g/mol. The van der Waals surface area contributed by atoms with Crippen molar-refractivity contribution < 1.29 is 14.6 Å². The van der Waals surface area contributed by atoms with Gasteiger partial charge in [0.15, 0.2) is 0 Å². The largest absolute Gasteiger partial charge is 0.457 e. The quantitative estimate of drug-likeness (QED) is 0.824. The van der Waals surface area contributed by atoms with Crippen molar-refractivity contribution in [1.82, 2.24) is 4.37 Å². The molecule has 3 rings (SSSR count). The van der Waals surface area contributed by atoms with Crippen LogP contribution in [0.5, 0.6) is 0 Å². The van der Waals surface area contributed by atoms with Crippen LogP contribution in [0.15, 0.2) is 23.6 Å². The highest BCUT2D eigenvalue weighted by Gasteiger charge is 2.21. The van der Waals surface area contributed by atoms with E-state index in [4.69, 9.17) is 4.74 Å². The van der Waals surface area contributed by atoms with E-state index in [0.29, 0.717) is 12.2 Å². The maximum atomic E-state index is 11.3. The van der Waals surface area contributed by atoms with Gasteiger partial charge in [-0.2, -0.15) is 4.37 Å². The van der Waals surface area contributed by atoms with Crippen molar-refractivity contribution in [3.8, 4) is 11.3 Å². The van der Waals surface area contributed by atoms with Gasteiger partial charge in [-0.25, -0.2) is 4.79 Å². The molecule has 0 saturated carbocycles. The monoisotopic (exact) mass is 247 g/mol. The fourth-order valence-electron chi connectivity index (χ4n) is 1.89. The second-order valence-corrected chi connectivity index (χ2v) is 4.42. The first kappa shape index (κ1) is 10.4. The maximum Gasteiger partial charge on any atom is 0.338 e. The van der Waals surface area contributed by atoms with Gasteiger partial charge in [-0.05, 0) is 23.7 Å². The van der Waals surface area contributed by atoms with Crippen molar-refractivity contribution in [2.45, 2.75) is 13.2 Å². The smallest absolute Gasteiger partial charge is 0.338 e. The number of esters is 1. The number of nitrogens with zero attached hydrogens (tertiary/aromatic N) is 1. The summed E-state index contributed by atoms with van der Waals surface area (Å²) in [6, 6.07) is 5.48. The lowest BCUT2D eigenvalue weighted by Gasteiger charge is -2.01. The van der Waals surface area contributed by atoms with E-state index in [9.17, 15) is 9.90 Å². The van der Waals surface area contributed by atoms with Gasteiger partial charge >= 0.3 is 5.97 Å². The van der Waals surface area contributed by atoms with Gasteiger partial charge in [-0.1, -0.05) is 6.07 Å². The van der Waals surface area contributed by atoms with Gasteiger partial charge in [0.05, 0.1) is 17.9 Å². The lowest BCUT2D eigenvalue weighted by molar-refractivity contribution is 0.0535. The SMILES string of the molecule is O=C1OCc2cc(-c3nscc3CO)ccc21. The highest BCUT2D eigenvalue weighted by atomic mass is 32.1.